The molecule has 0 heterocycles. The van der Waals surface area contributed by atoms with Crippen LogP contribution < -0.4 is 0 Å². The van der Waals surface area contributed by atoms with E-state index in [1.807, 2.05) is 0 Å². The molecule has 2 N–H and O–H groups in total. The quantitative estimate of drug-likeness (QED) is 0.230. The molecular formula is C2H7B3F3KO6. The van der Waals surface area contributed by atoms with Gasteiger partial charge in [-0.15, -0.1) is 0 Å². The van der Waals surface area contributed by atoms with Crippen LogP contribution in [-0.4, -0.2) is 96.8 Å². The molecule has 0 amide bonds. The second-order valence-electron chi connectivity index (χ2n) is 1.79. The first-order valence-electron chi connectivity index (χ1n) is 3.36. The van der Waals surface area contributed by atoms with Crippen molar-refractivity contribution in [1.82, 2.24) is 0 Å². The minimum atomic E-state index is -2.79. The first-order chi connectivity index (χ1) is 6.52. The van der Waals surface area contributed by atoms with Gasteiger partial charge in [0, 0.05) is 0 Å². The molecule has 0 spiro atoms. The Hall–Kier alpha value is 1.38. The molecule has 13 heteroatoms. The normalized spacial score (nSPS) is 9.40. The predicted molar refractivity (Wildman–Crippen MR) is 46.2 cm³/mol. The molecule has 0 rings (SSSR count). The molecule has 0 aromatic heterocycles. The minimum absolute atomic E-state index is 0. The average Bonchev–Trinajstić information content (AvgIpc) is 2.08. The maximum atomic E-state index is 12.2. The fourth-order valence-corrected chi connectivity index (χ4v) is 0.403. The van der Waals surface area contributed by atoms with Gasteiger partial charge in [0.25, 0.3) is 0 Å². The van der Waals surface area contributed by atoms with Crippen molar-refractivity contribution in [1.29, 1.82) is 0 Å². The Kier molecular flexibility index (Phi) is 14.8. The molecule has 6 nitrogen and oxygen atoms in total. The molecule has 0 aromatic rings. The van der Waals surface area contributed by atoms with Crippen molar-refractivity contribution >= 4 is 73.6 Å². The molecule has 0 aliphatic carbocycles. The maximum absolute atomic E-state index is 12.2. The van der Waals surface area contributed by atoms with Crippen LogP contribution in [0.3, 0.4) is 0 Å². The van der Waals surface area contributed by atoms with E-state index in [1.165, 1.54) is 0 Å². The number of halogens is 3. The fourth-order valence-electron chi connectivity index (χ4n) is 0.403. The summed E-state index contributed by atoms with van der Waals surface area (Å²) in [7, 11) is -7.73. The zero-order valence-electron chi connectivity index (χ0n) is 6.81. The molecule has 0 aromatic carbocycles. The van der Waals surface area contributed by atoms with E-state index in [4.69, 9.17) is 10.0 Å². The Morgan fingerprint density at radius 1 is 0.867 bits per heavy atom. The summed E-state index contributed by atoms with van der Waals surface area (Å²) in [5.74, 6) is 0. The molecule has 0 radical (unpaired) electrons. The molecule has 82 valence electrons. The van der Waals surface area contributed by atoms with E-state index in [-0.39, 0.29) is 51.4 Å². The van der Waals surface area contributed by atoms with Gasteiger partial charge in [-0.1, -0.05) is 0 Å². The SMILES string of the molecule is OB(F)OCCOB(F)OOB(O)F.[KH]. The Labute approximate surface area is 127 Å². The van der Waals surface area contributed by atoms with E-state index >= 15 is 0 Å². The van der Waals surface area contributed by atoms with Crippen LogP contribution in [0.5, 0.6) is 0 Å². The van der Waals surface area contributed by atoms with E-state index in [2.05, 4.69) is 18.9 Å². The summed E-state index contributed by atoms with van der Waals surface area (Å²) >= 11 is 0. The first kappa shape index (κ1) is 18.7. The fraction of sp³-hybridized carbons (Fsp3) is 1.00. The van der Waals surface area contributed by atoms with Crippen molar-refractivity contribution in [3.8, 4) is 0 Å². The number of hydrogen-bond donors (Lipinski definition) is 2. The van der Waals surface area contributed by atoms with Crippen LogP contribution in [0.25, 0.3) is 0 Å². The summed E-state index contributed by atoms with van der Waals surface area (Å²) in [5, 5.41) is 15.7. The van der Waals surface area contributed by atoms with Gasteiger partial charge in [0.15, 0.2) is 0 Å². The van der Waals surface area contributed by atoms with Gasteiger partial charge in [0.1, 0.15) is 0 Å². The van der Waals surface area contributed by atoms with E-state index in [0.717, 1.165) is 0 Å². The summed E-state index contributed by atoms with van der Waals surface area (Å²) in [6.07, 6.45) is 0. The van der Waals surface area contributed by atoms with E-state index < -0.39 is 35.4 Å². The molecule has 0 atom stereocenters. The number of rotatable bonds is 8. The standard InChI is InChI=1S/C2H6B3F3O6.K.H/c6-3(9)11-1-2-12-5(8)14-13-4(7)10;;/h9-10H,1-2H2;;. The molecule has 0 saturated carbocycles. The van der Waals surface area contributed by atoms with Crippen LogP contribution >= 0.6 is 0 Å². The molecule has 0 bridgehead atoms. The monoisotopic (exact) mass is 256 g/mol. The predicted octanol–water partition coefficient (Wildman–Crippen LogP) is -1.83. The van der Waals surface area contributed by atoms with Gasteiger partial charge in [-0.25, -0.2) is 9.61 Å². The van der Waals surface area contributed by atoms with Gasteiger partial charge in [-0.05, 0) is 0 Å². The zero-order chi connectivity index (χ0) is 11.0. The first-order valence-corrected chi connectivity index (χ1v) is 3.36. The van der Waals surface area contributed by atoms with Gasteiger partial charge in [0.2, 0.25) is 0 Å². The number of hydrogen-bond acceptors (Lipinski definition) is 6. The van der Waals surface area contributed by atoms with Gasteiger partial charge < -0.3 is 19.4 Å². The van der Waals surface area contributed by atoms with Crippen LogP contribution in [0.1, 0.15) is 0 Å². The summed E-state index contributed by atoms with van der Waals surface area (Å²) in [4.78, 5) is 6.79. The topological polar surface area (TPSA) is 77.4 Å². The summed E-state index contributed by atoms with van der Waals surface area (Å²) in [6, 6.07) is 0. The van der Waals surface area contributed by atoms with Gasteiger partial charge in [-0.3, -0.25) is 12.9 Å². The summed E-state index contributed by atoms with van der Waals surface area (Å²) < 4.78 is 43.1. The third kappa shape index (κ3) is 15.4. The van der Waals surface area contributed by atoms with E-state index in [0.29, 0.717) is 0 Å². The van der Waals surface area contributed by atoms with Crippen LogP contribution in [-0.2, 0) is 18.9 Å². The summed E-state index contributed by atoms with van der Waals surface area (Å²) in [6.45, 7) is -0.909. The van der Waals surface area contributed by atoms with Crippen LogP contribution in [0.2, 0.25) is 0 Å². The molecule has 0 aliphatic rings. The van der Waals surface area contributed by atoms with E-state index in [9.17, 15) is 12.9 Å². The van der Waals surface area contributed by atoms with E-state index in [1.54, 1.807) is 0 Å². The van der Waals surface area contributed by atoms with Crippen LogP contribution in [0.15, 0.2) is 0 Å². The third-order valence-corrected chi connectivity index (χ3v) is 0.798. The van der Waals surface area contributed by atoms with Crippen molar-refractivity contribution in [3.05, 3.63) is 0 Å². The van der Waals surface area contributed by atoms with Crippen molar-refractivity contribution in [2.75, 3.05) is 13.2 Å². The molecule has 0 aliphatic heterocycles. The molecular weight excluding hydrogens is 249 g/mol. The Bertz CT molecular complexity index is 145. The summed E-state index contributed by atoms with van der Waals surface area (Å²) in [5.41, 5.74) is 0. The molecule has 0 unspecified atom stereocenters. The van der Waals surface area contributed by atoms with Crippen molar-refractivity contribution in [3.63, 3.8) is 0 Å². The van der Waals surface area contributed by atoms with Crippen molar-refractivity contribution < 1.29 is 41.9 Å². The molecule has 0 fully saturated rings. The Morgan fingerprint density at radius 3 is 1.87 bits per heavy atom. The van der Waals surface area contributed by atoms with Gasteiger partial charge >= 0.3 is 73.6 Å². The van der Waals surface area contributed by atoms with Gasteiger partial charge in [-0.2, -0.15) is 0 Å². The van der Waals surface area contributed by atoms with Crippen LogP contribution in [0.4, 0.5) is 12.9 Å². The van der Waals surface area contributed by atoms with Crippen LogP contribution in [0, 0.1) is 0 Å². The second-order valence-corrected chi connectivity index (χ2v) is 1.79. The second kappa shape index (κ2) is 11.9. The Balaban J connectivity index is 0. The average molecular weight is 256 g/mol. The molecule has 0 saturated heterocycles. The zero-order valence-corrected chi connectivity index (χ0v) is 6.81. The van der Waals surface area contributed by atoms with Crippen molar-refractivity contribution in [2.45, 2.75) is 0 Å². The Morgan fingerprint density at radius 2 is 1.40 bits per heavy atom. The van der Waals surface area contributed by atoms with Crippen molar-refractivity contribution in [2.24, 2.45) is 0 Å². The van der Waals surface area contributed by atoms with Gasteiger partial charge in [0.05, 0.1) is 13.2 Å². The third-order valence-electron chi connectivity index (χ3n) is 0.798. The molecule has 15 heavy (non-hydrogen) atoms.